The van der Waals surface area contributed by atoms with Crippen molar-refractivity contribution >= 4 is 23.2 Å². The number of carbonyl (C=O) groups is 2. The minimum absolute atomic E-state index is 0.153. The number of hydrogen-bond acceptors (Lipinski definition) is 3. The summed E-state index contributed by atoms with van der Waals surface area (Å²) < 4.78 is 0. The molecule has 1 aromatic carbocycles. The molecule has 1 aliphatic rings. The normalized spacial score (nSPS) is 14.7. The molecular weight excluding hydrogens is 242 g/mol. The molecule has 0 atom stereocenters. The van der Waals surface area contributed by atoms with Gasteiger partial charge in [-0.3, -0.25) is 9.59 Å². The molecule has 0 spiro atoms. The second-order valence-electron chi connectivity index (χ2n) is 4.82. The van der Waals surface area contributed by atoms with E-state index in [9.17, 15) is 9.59 Å². The maximum atomic E-state index is 12.1. The molecule has 1 heterocycles. The van der Waals surface area contributed by atoms with Gasteiger partial charge >= 0.3 is 0 Å². The SMILES string of the molecule is Cc1cc(C)c(NC(=O)C2=NNC(=O)CC2)c(C)c1. The summed E-state index contributed by atoms with van der Waals surface area (Å²) in [5, 5.41) is 6.66. The Morgan fingerprint density at radius 3 is 2.37 bits per heavy atom. The molecule has 5 heteroatoms. The number of benzene rings is 1. The fraction of sp³-hybridized carbons (Fsp3) is 0.357. The predicted octanol–water partition coefficient (Wildman–Crippen LogP) is 1.82. The van der Waals surface area contributed by atoms with E-state index in [2.05, 4.69) is 15.8 Å². The number of aryl methyl sites for hydroxylation is 3. The molecule has 0 bridgehead atoms. The maximum Gasteiger partial charge on any atom is 0.271 e. The van der Waals surface area contributed by atoms with Crippen molar-refractivity contribution in [1.82, 2.24) is 5.43 Å². The van der Waals surface area contributed by atoms with Crippen LogP contribution in [0.2, 0.25) is 0 Å². The quantitative estimate of drug-likeness (QED) is 0.850. The zero-order valence-electron chi connectivity index (χ0n) is 11.3. The molecule has 0 saturated carbocycles. The molecule has 2 N–H and O–H groups in total. The van der Waals surface area contributed by atoms with Gasteiger partial charge in [-0.05, 0) is 31.9 Å². The van der Waals surface area contributed by atoms with Crippen molar-refractivity contribution in [2.24, 2.45) is 5.10 Å². The Bertz CT molecular complexity index is 553. The third-order valence-corrected chi connectivity index (χ3v) is 3.08. The monoisotopic (exact) mass is 259 g/mol. The van der Waals surface area contributed by atoms with Crippen LogP contribution in [0.5, 0.6) is 0 Å². The Kier molecular flexibility index (Phi) is 3.64. The molecule has 19 heavy (non-hydrogen) atoms. The molecule has 0 fully saturated rings. The van der Waals surface area contributed by atoms with Gasteiger partial charge in [0.15, 0.2) is 0 Å². The molecule has 0 unspecified atom stereocenters. The standard InChI is InChI=1S/C14H17N3O2/c1-8-6-9(2)13(10(3)7-8)15-14(19)11-4-5-12(18)17-16-11/h6-7H,4-5H2,1-3H3,(H,15,19)(H,17,18). The van der Waals surface area contributed by atoms with Gasteiger partial charge in [-0.2, -0.15) is 5.10 Å². The van der Waals surface area contributed by atoms with Crippen LogP contribution in [0.4, 0.5) is 5.69 Å². The van der Waals surface area contributed by atoms with Crippen molar-refractivity contribution < 1.29 is 9.59 Å². The smallest absolute Gasteiger partial charge is 0.271 e. The van der Waals surface area contributed by atoms with E-state index in [1.807, 2.05) is 32.9 Å². The van der Waals surface area contributed by atoms with Gasteiger partial charge in [0.2, 0.25) is 5.91 Å². The first-order valence-electron chi connectivity index (χ1n) is 6.22. The van der Waals surface area contributed by atoms with E-state index in [4.69, 9.17) is 0 Å². The summed E-state index contributed by atoms with van der Waals surface area (Å²) >= 11 is 0. The van der Waals surface area contributed by atoms with E-state index in [-0.39, 0.29) is 11.8 Å². The Balaban J connectivity index is 2.18. The average molecular weight is 259 g/mol. The van der Waals surface area contributed by atoms with Crippen LogP contribution in [0.15, 0.2) is 17.2 Å². The van der Waals surface area contributed by atoms with Gasteiger partial charge in [0, 0.05) is 18.5 Å². The van der Waals surface area contributed by atoms with Gasteiger partial charge in [-0.25, -0.2) is 5.43 Å². The van der Waals surface area contributed by atoms with E-state index in [0.717, 1.165) is 22.4 Å². The molecule has 0 saturated heterocycles. The fourth-order valence-corrected chi connectivity index (χ4v) is 2.20. The average Bonchev–Trinajstić information content (AvgIpc) is 2.34. The highest BCUT2D eigenvalue weighted by molar-refractivity contribution is 6.43. The Morgan fingerprint density at radius 1 is 1.21 bits per heavy atom. The largest absolute Gasteiger partial charge is 0.320 e. The van der Waals surface area contributed by atoms with Crippen molar-refractivity contribution in [3.8, 4) is 0 Å². The van der Waals surface area contributed by atoms with Crippen LogP contribution in [0.1, 0.15) is 29.5 Å². The molecule has 1 aromatic rings. The second-order valence-corrected chi connectivity index (χ2v) is 4.82. The summed E-state index contributed by atoms with van der Waals surface area (Å²) in [7, 11) is 0. The lowest BCUT2D eigenvalue weighted by Crippen LogP contribution is -2.33. The molecule has 2 amide bonds. The van der Waals surface area contributed by atoms with E-state index in [1.165, 1.54) is 0 Å². The highest BCUT2D eigenvalue weighted by Gasteiger charge is 2.19. The van der Waals surface area contributed by atoms with Crippen LogP contribution in [0.3, 0.4) is 0 Å². The summed E-state index contributed by atoms with van der Waals surface area (Å²) in [6.45, 7) is 5.94. The third kappa shape index (κ3) is 2.99. The lowest BCUT2D eigenvalue weighted by atomic mass is 10.0. The molecule has 5 nitrogen and oxygen atoms in total. The molecule has 0 aliphatic carbocycles. The first-order valence-corrected chi connectivity index (χ1v) is 6.22. The minimum Gasteiger partial charge on any atom is -0.320 e. The summed E-state index contributed by atoms with van der Waals surface area (Å²) in [5.41, 5.74) is 6.70. The zero-order chi connectivity index (χ0) is 14.0. The predicted molar refractivity (Wildman–Crippen MR) is 74.1 cm³/mol. The van der Waals surface area contributed by atoms with Gasteiger partial charge in [-0.1, -0.05) is 17.7 Å². The number of carbonyl (C=O) groups excluding carboxylic acids is 2. The molecule has 0 aromatic heterocycles. The topological polar surface area (TPSA) is 70.6 Å². The summed E-state index contributed by atoms with van der Waals surface area (Å²) in [5.74, 6) is -0.408. The Hall–Kier alpha value is -2.17. The first kappa shape index (κ1) is 13.3. The van der Waals surface area contributed by atoms with Crippen molar-refractivity contribution in [3.63, 3.8) is 0 Å². The van der Waals surface area contributed by atoms with Crippen molar-refractivity contribution in [2.75, 3.05) is 5.32 Å². The maximum absolute atomic E-state index is 12.1. The number of nitrogens with zero attached hydrogens (tertiary/aromatic N) is 1. The van der Waals surface area contributed by atoms with E-state index in [1.54, 1.807) is 0 Å². The molecule has 0 radical (unpaired) electrons. The van der Waals surface area contributed by atoms with Crippen molar-refractivity contribution in [3.05, 3.63) is 28.8 Å². The first-order chi connectivity index (χ1) is 8.97. The third-order valence-electron chi connectivity index (χ3n) is 3.08. The van der Waals surface area contributed by atoms with Gasteiger partial charge in [-0.15, -0.1) is 0 Å². The summed E-state index contributed by atoms with van der Waals surface area (Å²) in [6, 6.07) is 4.04. The molecule has 2 rings (SSSR count). The van der Waals surface area contributed by atoms with E-state index < -0.39 is 0 Å². The van der Waals surface area contributed by atoms with Gasteiger partial charge in [0.25, 0.3) is 5.91 Å². The van der Waals surface area contributed by atoms with Crippen molar-refractivity contribution in [1.29, 1.82) is 0 Å². The number of rotatable bonds is 2. The number of hydrazone groups is 1. The van der Waals surface area contributed by atoms with Crippen LogP contribution in [0, 0.1) is 20.8 Å². The van der Waals surface area contributed by atoms with E-state index >= 15 is 0 Å². The molecule has 100 valence electrons. The fourth-order valence-electron chi connectivity index (χ4n) is 2.20. The highest BCUT2D eigenvalue weighted by atomic mass is 16.2. The van der Waals surface area contributed by atoms with Gasteiger partial charge < -0.3 is 5.32 Å². The van der Waals surface area contributed by atoms with Gasteiger partial charge in [0.1, 0.15) is 5.71 Å². The summed E-state index contributed by atoms with van der Waals surface area (Å²) in [6.07, 6.45) is 0.680. The molecule has 1 aliphatic heterocycles. The summed E-state index contributed by atoms with van der Waals surface area (Å²) in [4.78, 5) is 23.1. The number of nitrogens with one attached hydrogen (secondary N) is 2. The Labute approximate surface area is 112 Å². The molecular formula is C14H17N3O2. The number of anilines is 1. The van der Waals surface area contributed by atoms with Crippen LogP contribution >= 0.6 is 0 Å². The van der Waals surface area contributed by atoms with Crippen LogP contribution in [-0.4, -0.2) is 17.5 Å². The van der Waals surface area contributed by atoms with Crippen LogP contribution in [0.25, 0.3) is 0 Å². The Morgan fingerprint density at radius 2 is 1.84 bits per heavy atom. The highest BCUT2D eigenvalue weighted by Crippen LogP contribution is 2.22. The van der Waals surface area contributed by atoms with Crippen LogP contribution < -0.4 is 10.7 Å². The number of amides is 2. The van der Waals surface area contributed by atoms with Gasteiger partial charge in [0.05, 0.1) is 0 Å². The number of hydrogen-bond donors (Lipinski definition) is 2. The second kappa shape index (κ2) is 5.22. The van der Waals surface area contributed by atoms with Crippen molar-refractivity contribution in [2.45, 2.75) is 33.6 Å². The lowest BCUT2D eigenvalue weighted by Gasteiger charge is -2.15. The lowest BCUT2D eigenvalue weighted by molar-refractivity contribution is -0.121. The van der Waals surface area contributed by atoms with Crippen LogP contribution in [-0.2, 0) is 9.59 Å². The minimum atomic E-state index is -0.255. The van der Waals surface area contributed by atoms with E-state index in [0.29, 0.717) is 18.6 Å². The zero-order valence-corrected chi connectivity index (χ0v) is 11.3.